The summed E-state index contributed by atoms with van der Waals surface area (Å²) in [7, 11) is 5.36. The number of aliphatic carboxylic acids is 1. The number of ether oxygens (including phenoxy) is 3. The molecule has 0 heterocycles. The van der Waals surface area contributed by atoms with Gasteiger partial charge in [-0.25, -0.2) is 0 Å². The molecule has 8 nitrogen and oxygen atoms in total. The van der Waals surface area contributed by atoms with Gasteiger partial charge in [0.25, 0.3) is 0 Å². The largest absolute Gasteiger partial charge is 0.544 e. The summed E-state index contributed by atoms with van der Waals surface area (Å²) in [6.45, 7) is 4.38. The topological polar surface area (TPSA) is 102 Å². The van der Waals surface area contributed by atoms with Gasteiger partial charge in [-0.05, 0) is 38.5 Å². The molecule has 8 heteroatoms. The predicted octanol–water partition coefficient (Wildman–Crippen LogP) is 5.90. The van der Waals surface area contributed by atoms with Crippen molar-refractivity contribution in [3.05, 3.63) is 12.2 Å². The summed E-state index contributed by atoms with van der Waals surface area (Å²) in [5.74, 6) is -1.79. The van der Waals surface area contributed by atoms with Gasteiger partial charge in [0, 0.05) is 19.3 Å². The van der Waals surface area contributed by atoms with Crippen LogP contribution in [0.1, 0.15) is 129 Å². The molecule has 0 aliphatic carbocycles. The van der Waals surface area contributed by atoms with Crippen molar-refractivity contribution in [2.75, 3.05) is 41.0 Å². The number of carboxylic acids is 1. The summed E-state index contributed by atoms with van der Waals surface area (Å²) in [4.78, 5) is 35.8. The number of hydrogen-bond donors (Lipinski definition) is 0. The van der Waals surface area contributed by atoms with Crippen LogP contribution in [0, 0.1) is 0 Å². The van der Waals surface area contributed by atoms with Gasteiger partial charge in [-0.1, -0.05) is 83.8 Å². The van der Waals surface area contributed by atoms with Crippen molar-refractivity contribution >= 4 is 17.9 Å². The Balaban J connectivity index is 4.24. The van der Waals surface area contributed by atoms with Crippen LogP contribution < -0.4 is 5.11 Å². The lowest BCUT2D eigenvalue weighted by Gasteiger charge is -2.34. The van der Waals surface area contributed by atoms with E-state index in [0.29, 0.717) is 12.8 Å². The summed E-state index contributed by atoms with van der Waals surface area (Å²) in [6, 6.07) is -0.719. The first-order chi connectivity index (χ1) is 19.6. The van der Waals surface area contributed by atoms with Crippen LogP contribution in [0.15, 0.2) is 12.2 Å². The van der Waals surface area contributed by atoms with E-state index < -0.39 is 18.1 Å². The zero-order chi connectivity index (χ0) is 30.8. The number of hydrogen-bond acceptors (Lipinski definition) is 7. The van der Waals surface area contributed by atoms with Crippen LogP contribution >= 0.6 is 0 Å². The molecule has 0 rings (SSSR count). The summed E-state index contributed by atoms with van der Waals surface area (Å²) >= 11 is 0. The molecule has 0 spiro atoms. The average Bonchev–Trinajstić information content (AvgIpc) is 2.91. The maximum absolute atomic E-state index is 12.4. The minimum Gasteiger partial charge on any atom is -0.544 e. The van der Waals surface area contributed by atoms with E-state index in [4.69, 9.17) is 14.2 Å². The fourth-order valence-electron chi connectivity index (χ4n) is 4.51. The van der Waals surface area contributed by atoms with Gasteiger partial charge in [0.05, 0.1) is 40.3 Å². The number of carboxylic acid groups (broad SMARTS) is 1. The molecule has 2 atom stereocenters. The van der Waals surface area contributed by atoms with Crippen molar-refractivity contribution in [2.24, 2.45) is 0 Å². The van der Waals surface area contributed by atoms with E-state index >= 15 is 0 Å². The van der Waals surface area contributed by atoms with Crippen molar-refractivity contribution in [1.29, 1.82) is 0 Å². The van der Waals surface area contributed by atoms with Gasteiger partial charge in [-0.2, -0.15) is 0 Å². The van der Waals surface area contributed by atoms with Crippen molar-refractivity contribution in [3.63, 3.8) is 0 Å². The second-order valence-electron chi connectivity index (χ2n) is 12.0. The van der Waals surface area contributed by atoms with Crippen LogP contribution in [-0.2, 0) is 28.6 Å². The second kappa shape index (κ2) is 25.8. The van der Waals surface area contributed by atoms with Crippen LogP contribution in [0.5, 0.6) is 0 Å². The minimum atomic E-state index is -1.13. The van der Waals surface area contributed by atoms with Crippen molar-refractivity contribution in [1.82, 2.24) is 0 Å². The van der Waals surface area contributed by atoms with E-state index in [1.807, 2.05) is 6.92 Å². The molecule has 0 saturated heterocycles. The van der Waals surface area contributed by atoms with Gasteiger partial charge < -0.3 is 28.6 Å². The maximum Gasteiger partial charge on any atom is 0.306 e. The Labute approximate surface area is 250 Å². The molecule has 240 valence electrons. The Bertz CT molecular complexity index is 702. The predicted molar refractivity (Wildman–Crippen MR) is 162 cm³/mol. The van der Waals surface area contributed by atoms with Crippen molar-refractivity contribution in [2.45, 2.75) is 142 Å². The summed E-state index contributed by atoms with van der Waals surface area (Å²) in [6.07, 6.45) is 21.9. The van der Waals surface area contributed by atoms with Crippen LogP contribution in [-0.4, -0.2) is 75.5 Å². The highest BCUT2D eigenvalue weighted by molar-refractivity contribution is 5.70. The quantitative estimate of drug-likeness (QED) is 0.0489. The third-order valence-corrected chi connectivity index (χ3v) is 7.15. The van der Waals surface area contributed by atoms with Crippen LogP contribution in [0.2, 0.25) is 0 Å². The second-order valence-corrected chi connectivity index (χ2v) is 12.0. The normalized spacial score (nSPS) is 13.3. The Kier molecular flexibility index (Phi) is 24.5. The van der Waals surface area contributed by atoms with E-state index in [9.17, 15) is 19.5 Å². The lowest BCUT2D eigenvalue weighted by Crippen LogP contribution is -2.55. The van der Waals surface area contributed by atoms with E-state index in [1.165, 1.54) is 51.4 Å². The SMILES string of the molecule is CCCCCCCC/C=C\CCCCCCCC(=O)OC(COCCC(C(=O)[O-])[N+](C)(C)C)COC(=O)CCCC. The highest BCUT2D eigenvalue weighted by atomic mass is 16.6. The minimum absolute atomic E-state index is 0.0378. The van der Waals surface area contributed by atoms with Crippen LogP contribution in [0.4, 0.5) is 0 Å². The molecule has 0 aliphatic rings. The summed E-state index contributed by atoms with van der Waals surface area (Å²) in [5.41, 5.74) is 0. The number of quaternary nitrogens is 1. The highest BCUT2D eigenvalue weighted by Gasteiger charge is 2.25. The van der Waals surface area contributed by atoms with Gasteiger partial charge in [0.15, 0.2) is 6.10 Å². The van der Waals surface area contributed by atoms with E-state index in [-0.39, 0.29) is 42.7 Å². The third-order valence-electron chi connectivity index (χ3n) is 7.15. The number of unbranched alkanes of at least 4 members (excludes halogenated alkanes) is 12. The standard InChI is InChI=1S/C33H61NO7/c1-6-8-10-11-12-13-14-15-16-17-18-19-20-21-22-24-32(36)41-29(28-40-31(35)23-9-7-2)27-39-26-25-30(33(37)38)34(3,4)5/h15-16,29-30H,6-14,17-28H2,1-5H3/b16-15-. The fourth-order valence-corrected chi connectivity index (χ4v) is 4.51. The number of esters is 2. The Morgan fingerprint density at radius 2 is 1.24 bits per heavy atom. The zero-order valence-electron chi connectivity index (χ0n) is 27.0. The third kappa shape index (κ3) is 24.4. The highest BCUT2D eigenvalue weighted by Crippen LogP contribution is 2.12. The summed E-state index contributed by atoms with van der Waals surface area (Å²) in [5, 5.41) is 11.5. The molecule has 0 aromatic heterocycles. The molecule has 0 amide bonds. The van der Waals surface area contributed by atoms with Gasteiger partial charge >= 0.3 is 11.9 Å². The van der Waals surface area contributed by atoms with Gasteiger partial charge in [-0.15, -0.1) is 0 Å². The molecular weight excluding hydrogens is 522 g/mol. The maximum atomic E-state index is 12.4. The van der Waals surface area contributed by atoms with E-state index in [1.54, 1.807) is 21.1 Å². The number of rotatable bonds is 28. The number of allylic oxidation sites excluding steroid dienone is 2. The Hall–Kier alpha value is -1.93. The smallest absolute Gasteiger partial charge is 0.306 e. The molecule has 0 fully saturated rings. The van der Waals surface area contributed by atoms with Crippen molar-refractivity contribution < 1.29 is 38.2 Å². The first kappa shape index (κ1) is 39.1. The first-order valence-corrected chi connectivity index (χ1v) is 16.2. The molecule has 0 bridgehead atoms. The molecule has 0 aromatic carbocycles. The molecule has 0 aromatic rings. The summed E-state index contributed by atoms with van der Waals surface area (Å²) < 4.78 is 16.7. The molecular formula is C33H61NO7. The van der Waals surface area contributed by atoms with Gasteiger partial charge in [0.1, 0.15) is 12.6 Å². The molecule has 0 aliphatic heterocycles. The molecule has 2 unspecified atom stereocenters. The zero-order valence-corrected chi connectivity index (χ0v) is 27.0. The lowest BCUT2D eigenvalue weighted by molar-refractivity contribution is -0.889. The van der Waals surface area contributed by atoms with Gasteiger partial charge in [0.2, 0.25) is 0 Å². The van der Waals surface area contributed by atoms with Crippen molar-refractivity contribution in [3.8, 4) is 0 Å². The monoisotopic (exact) mass is 583 g/mol. The van der Waals surface area contributed by atoms with E-state index in [2.05, 4.69) is 19.1 Å². The Morgan fingerprint density at radius 1 is 0.707 bits per heavy atom. The Morgan fingerprint density at radius 3 is 1.80 bits per heavy atom. The molecule has 0 radical (unpaired) electrons. The molecule has 0 N–H and O–H groups in total. The van der Waals surface area contributed by atoms with Crippen LogP contribution in [0.3, 0.4) is 0 Å². The van der Waals surface area contributed by atoms with Gasteiger partial charge in [-0.3, -0.25) is 9.59 Å². The number of carbonyl (C=O) groups excluding carboxylic acids is 3. The first-order valence-electron chi connectivity index (χ1n) is 16.2. The average molecular weight is 584 g/mol. The lowest BCUT2D eigenvalue weighted by atomic mass is 10.1. The fraction of sp³-hybridized carbons (Fsp3) is 0.848. The number of likely N-dealkylation sites (N-methyl/N-ethyl adjacent to an activating group) is 1. The van der Waals surface area contributed by atoms with Crippen LogP contribution in [0.25, 0.3) is 0 Å². The number of carbonyl (C=O) groups is 3. The number of nitrogens with zero attached hydrogens (tertiary/aromatic N) is 1. The van der Waals surface area contributed by atoms with E-state index in [0.717, 1.165) is 44.9 Å². The molecule has 41 heavy (non-hydrogen) atoms. The molecule has 0 saturated carbocycles.